The summed E-state index contributed by atoms with van der Waals surface area (Å²) in [6, 6.07) is 13.7. The number of hydrogen-bond donors (Lipinski definition) is 2. The summed E-state index contributed by atoms with van der Waals surface area (Å²) in [5.74, 6) is 1.60. The van der Waals surface area contributed by atoms with Crippen molar-refractivity contribution in [3.05, 3.63) is 75.3 Å². The summed E-state index contributed by atoms with van der Waals surface area (Å²) < 4.78 is 11.7. The van der Waals surface area contributed by atoms with Crippen molar-refractivity contribution in [1.82, 2.24) is 15.2 Å². The molecule has 29 heavy (non-hydrogen) atoms. The summed E-state index contributed by atoms with van der Waals surface area (Å²) >= 11 is 0. The molecule has 0 unspecified atom stereocenters. The van der Waals surface area contributed by atoms with Crippen LogP contribution in [0.5, 0.6) is 11.5 Å². The highest BCUT2D eigenvalue weighted by Crippen LogP contribution is 2.29. The molecule has 0 fully saturated rings. The fraction of sp³-hybridized carbons (Fsp3) is 0.238. The molecule has 0 radical (unpaired) electrons. The molecule has 1 aromatic heterocycles. The van der Waals surface area contributed by atoms with Gasteiger partial charge in [-0.3, -0.25) is 5.43 Å². The van der Waals surface area contributed by atoms with Crippen LogP contribution in [0.3, 0.4) is 0 Å². The number of hydrogen-bond acceptors (Lipinski definition) is 7. The van der Waals surface area contributed by atoms with E-state index in [0.717, 1.165) is 11.1 Å². The molecular weight excluding hydrogens is 370 g/mol. The summed E-state index contributed by atoms with van der Waals surface area (Å²) in [7, 11) is 0. The number of benzene rings is 2. The van der Waals surface area contributed by atoms with Gasteiger partial charge in [-0.25, -0.2) is 9.89 Å². The van der Waals surface area contributed by atoms with Gasteiger partial charge in [-0.05, 0) is 50.1 Å². The first-order valence-electron chi connectivity index (χ1n) is 9.22. The van der Waals surface area contributed by atoms with Crippen LogP contribution < -0.4 is 20.6 Å². The first kappa shape index (κ1) is 20.1. The van der Waals surface area contributed by atoms with Gasteiger partial charge in [0.15, 0.2) is 17.3 Å². The monoisotopic (exact) mass is 393 g/mol. The van der Waals surface area contributed by atoms with Crippen molar-refractivity contribution in [2.45, 2.75) is 27.4 Å². The van der Waals surface area contributed by atoms with Crippen molar-refractivity contribution in [2.75, 3.05) is 12.0 Å². The summed E-state index contributed by atoms with van der Waals surface area (Å²) in [6.07, 6.45) is 1.61. The standard InChI is InChI=1S/C21H23N5O3/c1-4-28-19-11-16(12-22-25-20-15(3)24-26-21(27)23-20)8-9-18(19)29-13-17-7-5-6-14(2)10-17/h5-12H,4,13H2,1-3H3,(H2,23,25,26,27)/b22-12+. The Morgan fingerprint density at radius 2 is 2.00 bits per heavy atom. The first-order chi connectivity index (χ1) is 14.0. The number of aromatic nitrogens is 3. The third-order valence-electron chi connectivity index (χ3n) is 4.00. The summed E-state index contributed by atoms with van der Waals surface area (Å²) in [4.78, 5) is 15.0. The van der Waals surface area contributed by atoms with Crippen molar-refractivity contribution < 1.29 is 9.47 Å². The van der Waals surface area contributed by atoms with Crippen LogP contribution in [0.25, 0.3) is 0 Å². The second-order valence-electron chi connectivity index (χ2n) is 6.36. The van der Waals surface area contributed by atoms with Crippen molar-refractivity contribution in [3.63, 3.8) is 0 Å². The Morgan fingerprint density at radius 3 is 2.79 bits per heavy atom. The average Bonchev–Trinajstić information content (AvgIpc) is 2.70. The van der Waals surface area contributed by atoms with E-state index in [1.54, 1.807) is 13.1 Å². The van der Waals surface area contributed by atoms with E-state index in [2.05, 4.69) is 44.8 Å². The lowest BCUT2D eigenvalue weighted by Gasteiger charge is -2.13. The van der Waals surface area contributed by atoms with E-state index in [-0.39, 0.29) is 0 Å². The third-order valence-corrected chi connectivity index (χ3v) is 4.00. The Kier molecular flexibility index (Phi) is 6.57. The van der Waals surface area contributed by atoms with Gasteiger partial charge >= 0.3 is 5.69 Å². The number of anilines is 1. The highest BCUT2D eigenvalue weighted by molar-refractivity contribution is 5.81. The van der Waals surface area contributed by atoms with Crippen LogP contribution in [0.1, 0.15) is 29.3 Å². The number of hydrazone groups is 1. The van der Waals surface area contributed by atoms with Crippen molar-refractivity contribution >= 4 is 12.0 Å². The number of rotatable bonds is 8. The Morgan fingerprint density at radius 1 is 1.14 bits per heavy atom. The number of nitrogens with one attached hydrogen (secondary N) is 2. The number of H-pyrrole nitrogens is 1. The quantitative estimate of drug-likeness (QED) is 0.450. The number of aryl methyl sites for hydroxylation is 2. The lowest BCUT2D eigenvalue weighted by atomic mass is 10.1. The van der Waals surface area contributed by atoms with E-state index in [1.807, 2.05) is 37.3 Å². The first-order valence-corrected chi connectivity index (χ1v) is 9.22. The van der Waals surface area contributed by atoms with Crippen molar-refractivity contribution in [2.24, 2.45) is 5.10 Å². The fourth-order valence-corrected chi connectivity index (χ4v) is 2.62. The molecule has 3 rings (SSSR count). The summed E-state index contributed by atoms with van der Waals surface area (Å²) in [6.45, 7) is 6.66. The van der Waals surface area contributed by atoms with Crippen LogP contribution >= 0.6 is 0 Å². The Balaban J connectivity index is 1.71. The maximum Gasteiger partial charge on any atom is 0.363 e. The van der Waals surface area contributed by atoms with Crippen LogP contribution in [0, 0.1) is 13.8 Å². The summed E-state index contributed by atoms with van der Waals surface area (Å²) in [5.41, 5.74) is 5.81. The van der Waals surface area contributed by atoms with Crippen LogP contribution in [0.2, 0.25) is 0 Å². The fourth-order valence-electron chi connectivity index (χ4n) is 2.62. The van der Waals surface area contributed by atoms with Gasteiger partial charge in [0.05, 0.1) is 12.8 Å². The maximum absolute atomic E-state index is 11.3. The van der Waals surface area contributed by atoms with Gasteiger partial charge in [0, 0.05) is 0 Å². The van der Waals surface area contributed by atoms with Crippen molar-refractivity contribution in [1.29, 1.82) is 0 Å². The van der Waals surface area contributed by atoms with Gasteiger partial charge in [0.1, 0.15) is 12.3 Å². The molecule has 2 aromatic carbocycles. The zero-order valence-electron chi connectivity index (χ0n) is 16.6. The van der Waals surface area contributed by atoms with Gasteiger partial charge in [0.2, 0.25) is 0 Å². The predicted molar refractivity (Wildman–Crippen MR) is 112 cm³/mol. The molecule has 8 nitrogen and oxygen atoms in total. The van der Waals surface area contributed by atoms with Gasteiger partial charge < -0.3 is 9.47 Å². The molecular formula is C21H23N5O3. The molecule has 0 atom stereocenters. The van der Waals surface area contributed by atoms with Crippen molar-refractivity contribution in [3.8, 4) is 11.5 Å². The molecule has 3 aromatic rings. The minimum Gasteiger partial charge on any atom is -0.490 e. The molecule has 0 spiro atoms. The predicted octanol–water partition coefficient (Wildman–Crippen LogP) is 3.21. The van der Waals surface area contributed by atoms with E-state index < -0.39 is 5.69 Å². The number of ether oxygens (including phenoxy) is 2. The van der Waals surface area contributed by atoms with Crippen LogP contribution in [0.4, 0.5) is 5.82 Å². The van der Waals surface area contributed by atoms with E-state index in [0.29, 0.717) is 36.2 Å². The molecule has 0 amide bonds. The van der Waals surface area contributed by atoms with Crippen LogP contribution in [-0.2, 0) is 6.61 Å². The number of nitrogens with zero attached hydrogens (tertiary/aromatic N) is 3. The normalized spacial score (nSPS) is 10.9. The van der Waals surface area contributed by atoms with E-state index in [4.69, 9.17) is 9.47 Å². The molecule has 0 aliphatic heterocycles. The Bertz CT molecular complexity index is 1060. The molecule has 2 N–H and O–H groups in total. The minimum absolute atomic E-state index is 0.299. The molecule has 0 aliphatic carbocycles. The SMILES string of the molecule is CCOc1cc(/C=N/Nc2nc(=O)[nH]nc2C)ccc1OCc1cccc(C)c1. The number of aromatic amines is 1. The molecule has 0 bridgehead atoms. The van der Waals surface area contributed by atoms with E-state index >= 15 is 0 Å². The van der Waals surface area contributed by atoms with Gasteiger partial charge in [-0.2, -0.15) is 15.2 Å². The highest BCUT2D eigenvalue weighted by Gasteiger charge is 2.07. The van der Waals surface area contributed by atoms with Crippen LogP contribution in [-0.4, -0.2) is 28.0 Å². The molecule has 8 heteroatoms. The molecule has 1 heterocycles. The van der Waals surface area contributed by atoms with Crippen LogP contribution in [0.15, 0.2) is 52.4 Å². The molecule has 0 aliphatic rings. The maximum atomic E-state index is 11.3. The smallest absolute Gasteiger partial charge is 0.363 e. The molecule has 0 saturated heterocycles. The minimum atomic E-state index is -0.540. The van der Waals surface area contributed by atoms with Gasteiger partial charge in [-0.1, -0.05) is 29.8 Å². The molecule has 0 saturated carbocycles. The second-order valence-corrected chi connectivity index (χ2v) is 6.36. The highest BCUT2D eigenvalue weighted by atomic mass is 16.5. The van der Waals surface area contributed by atoms with Gasteiger partial charge in [0.25, 0.3) is 0 Å². The van der Waals surface area contributed by atoms with E-state index in [9.17, 15) is 4.79 Å². The Labute approximate surface area is 168 Å². The Hall–Kier alpha value is -3.68. The zero-order valence-corrected chi connectivity index (χ0v) is 16.6. The summed E-state index contributed by atoms with van der Waals surface area (Å²) in [5, 5.41) is 10.2. The topological polar surface area (TPSA) is 101 Å². The largest absolute Gasteiger partial charge is 0.490 e. The third kappa shape index (κ3) is 5.65. The lowest BCUT2D eigenvalue weighted by Crippen LogP contribution is -2.15. The second kappa shape index (κ2) is 9.50. The lowest BCUT2D eigenvalue weighted by molar-refractivity contribution is 0.269. The average molecular weight is 393 g/mol. The molecule has 150 valence electrons. The van der Waals surface area contributed by atoms with E-state index in [1.165, 1.54) is 5.56 Å². The zero-order chi connectivity index (χ0) is 20.6. The van der Waals surface area contributed by atoms with Gasteiger partial charge in [-0.15, -0.1) is 0 Å².